The minimum absolute atomic E-state index is 0.0863. The molecule has 4 nitrogen and oxygen atoms in total. The molecular formula is C22H30O4. The quantitative estimate of drug-likeness (QED) is 0.605. The van der Waals surface area contributed by atoms with E-state index in [4.69, 9.17) is 4.74 Å². The number of hydrogen-bond donors (Lipinski definition) is 3. The molecule has 1 unspecified atom stereocenters. The summed E-state index contributed by atoms with van der Waals surface area (Å²) in [6.07, 6.45) is 3.48. The Labute approximate surface area is 156 Å². The smallest absolute Gasteiger partial charge is 0.120 e. The molecule has 0 heterocycles. The zero-order valence-corrected chi connectivity index (χ0v) is 15.7. The van der Waals surface area contributed by atoms with Crippen molar-refractivity contribution >= 4 is 0 Å². The molecule has 142 valence electrons. The highest BCUT2D eigenvalue weighted by molar-refractivity contribution is 5.33. The van der Waals surface area contributed by atoms with Crippen LogP contribution in [0.5, 0.6) is 5.75 Å². The van der Waals surface area contributed by atoms with E-state index < -0.39 is 5.60 Å². The van der Waals surface area contributed by atoms with Gasteiger partial charge in [-0.05, 0) is 53.8 Å². The van der Waals surface area contributed by atoms with Crippen LogP contribution in [0.15, 0.2) is 42.5 Å². The molecule has 0 radical (unpaired) electrons. The first-order valence-corrected chi connectivity index (χ1v) is 9.24. The van der Waals surface area contributed by atoms with Gasteiger partial charge in [0.25, 0.3) is 0 Å². The summed E-state index contributed by atoms with van der Waals surface area (Å²) in [5.74, 6) is 0.755. The van der Waals surface area contributed by atoms with Crippen LogP contribution >= 0.6 is 0 Å². The van der Waals surface area contributed by atoms with E-state index in [0.717, 1.165) is 41.7 Å². The first kappa shape index (κ1) is 20.4. The van der Waals surface area contributed by atoms with Gasteiger partial charge in [0.15, 0.2) is 0 Å². The van der Waals surface area contributed by atoms with Gasteiger partial charge < -0.3 is 20.1 Å². The Kier molecular flexibility index (Phi) is 7.64. The first-order chi connectivity index (χ1) is 12.5. The summed E-state index contributed by atoms with van der Waals surface area (Å²) in [7, 11) is 0. The van der Waals surface area contributed by atoms with Crippen molar-refractivity contribution in [1.29, 1.82) is 0 Å². The van der Waals surface area contributed by atoms with Gasteiger partial charge in [0, 0.05) is 6.42 Å². The number of hydrogen-bond acceptors (Lipinski definition) is 4. The van der Waals surface area contributed by atoms with E-state index in [2.05, 4.69) is 6.92 Å². The van der Waals surface area contributed by atoms with Crippen LogP contribution < -0.4 is 4.74 Å². The molecule has 0 aliphatic rings. The fourth-order valence-electron chi connectivity index (χ4n) is 3.07. The molecule has 26 heavy (non-hydrogen) atoms. The Hall–Kier alpha value is -1.88. The van der Waals surface area contributed by atoms with Crippen LogP contribution in [0, 0.1) is 0 Å². The molecule has 2 aromatic rings. The summed E-state index contributed by atoms with van der Waals surface area (Å²) >= 11 is 0. The van der Waals surface area contributed by atoms with Crippen LogP contribution in [0.2, 0.25) is 0 Å². The first-order valence-electron chi connectivity index (χ1n) is 9.24. The molecule has 0 saturated carbocycles. The predicted molar refractivity (Wildman–Crippen MR) is 103 cm³/mol. The van der Waals surface area contributed by atoms with Crippen molar-refractivity contribution in [1.82, 2.24) is 0 Å². The average molecular weight is 358 g/mol. The summed E-state index contributed by atoms with van der Waals surface area (Å²) < 4.78 is 5.88. The third-order valence-electron chi connectivity index (χ3n) is 4.57. The van der Waals surface area contributed by atoms with Crippen LogP contribution in [0.1, 0.15) is 55.4 Å². The molecule has 2 rings (SSSR count). The van der Waals surface area contributed by atoms with Crippen molar-refractivity contribution < 1.29 is 20.1 Å². The van der Waals surface area contributed by atoms with Crippen molar-refractivity contribution in [3.63, 3.8) is 0 Å². The zero-order valence-electron chi connectivity index (χ0n) is 15.7. The van der Waals surface area contributed by atoms with Crippen molar-refractivity contribution in [3.8, 4) is 5.75 Å². The van der Waals surface area contributed by atoms with Gasteiger partial charge in [0.2, 0.25) is 0 Å². The van der Waals surface area contributed by atoms with Crippen LogP contribution in [-0.2, 0) is 26.2 Å². The molecule has 0 aliphatic heterocycles. The summed E-state index contributed by atoms with van der Waals surface area (Å²) in [6, 6.07) is 13.4. The normalized spacial score (nSPS) is 13.4. The molecule has 0 saturated heterocycles. The fraction of sp³-hybridized carbons (Fsp3) is 0.455. The van der Waals surface area contributed by atoms with Gasteiger partial charge in [-0.3, -0.25) is 0 Å². The second-order valence-electron chi connectivity index (χ2n) is 7.13. The lowest BCUT2D eigenvalue weighted by Crippen LogP contribution is -2.26. The molecule has 0 aromatic heterocycles. The predicted octanol–water partition coefficient (Wildman–Crippen LogP) is 3.73. The van der Waals surface area contributed by atoms with Crippen LogP contribution in [-0.4, -0.2) is 20.9 Å². The summed E-state index contributed by atoms with van der Waals surface area (Å²) in [5.41, 5.74) is 2.73. The Morgan fingerprint density at radius 3 is 2.42 bits per heavy atom. The molecule has 0 fully saturated rings. The van der Waals surface area contributed by atoms with Gasteiger partial charge in [-0.25, -0.2) is 0 Å². The second-order valence-corrected chi connectivity index (χ2v) is 7.13. The minimum Gasteiger partial charge on any atom is -0.489 e. The Bertz CT molecular complexity index is 694. The number of benzene rings is 2. The zero-order chi connectivity index (χ0) is 19.0. The van der Waals surface area contributed by atoms with Gasteiger partial charge in [0.05, 0.1) is 18.8 Å². The molecule has 1 atom stereocenters. The van der Waals surface area contributed by atoms with Crippen molar-refractivity contribution in [2.24, 2.45) is 0 Å². The van der Waals surface area contributed by atoms with E-state index in [-0.39, 0.29) is 13.2 Å². The van der Waals surface area contributed by atoms with Crippen molar-refractivity contribution in [3.05, 3.63) is 64.7 Å². The summed E-state index contributed by atoms with van der Waals surface area (Å²) in [4.78, 5) is 0. The summed E-state index contributed by atoms with van der Waals surface area (Å²) in [5, 5.41) is 29.2. The van der Waals surface area contributed by atoms with E-state index in [1.54, 1.807) is 0 Å². The molecule has 2 aromatic carbocycles. The highest BCUT2D eigenvalue weighted by Crippen LogP contribution is 2.23. The molecule has 0 spiro atoms. The van der Waals surface area contributed by atoms with E-state index in [0.29, 0.717) is 18.6 Å². The van der Waals surface area contributed by atoms with Crippen LogP contribution in [0.25, 0.3) is 0 Å². The third kappa shape index (κ3) is 6.13. The number of aliphatic hydroxyl groups is 3. The molecule has 4 heteroatoms. The van der Waals surface area contributed by atoms with Gasteiger partial charge in [-0.15, -0.1) is 0 Å². The van der Waals surface area contributed by atoms with Gasteiger partial charge in [-0.2, -0.15) is 0 Å². The molecule has 0 aliphatic carbocycles. The lowest BCUT2D eigenvalue weighted by molar-refractivity contribution is 0.0489. The molecular weight excluding hydrogens is 328 g/mol. The SMILES string of the molecule is CCCCC(C)(O)Cc1cccc(OCc2ccc(CO)c(CO)c2)c1. The van der Waals surface area contributed by atoms with E-state index >= 15 is 0 Å². The lowest BCUT2D eigenvalue weighted by Gasteiger charge is -2.23. The van der Waals surface area contributed by atoms with Crippen molar-refractivity contribution in [2.75, 3.05) is 0 Å². The average Bonchev–Trinajstić information content (AvgIpc) is 2.64. The van der Waals surface area contributed by atoms with E-state index in [1.807, 2.05) is 49.4 Å². The topological polar surface area (TPSA) is 69.9 Å². The molecule has 0 bridgehead atoms. The second kappa shape index (κ2) is 9.72. The Balaban J connectivity index is 2.00. The highest BCUT2D eigenvalue weighted by atomic mass is 16.5. The van der Waals surface area contributed by atoms with Crippen LogP contribution in [0.3, 0.4) is 0 Å². The standard InChI is InChI=1S/C22H30O4/c1-3-4-10-22(2,25)13-17-6-5-7-21(12-17)26-16-18-8-9-19(14-23)20(11-18)15-24/h5-9,11-12,23-25H,3-4,10,13-16H2,1-2H3. The Morgan fingerprint density at radius 1 is 0.962 bits per heavy atom. The van der Waals surface area contributed by atoms with E-state index in [1.165, 1.54) is 0 Å². The summed E-state index contributed by atoms with van der Waals surface area (Å²) in [6.45, 7) is 4.20. The Morgan fingerprint density at radius 2 is 1.73 bits per heavy atom. The van der Waals surface area contributed by atoms with Gasteiger partial charge in [-0.1, -0.05) is 44.0 Å². The maximum Gasteiger partial charge on any atom is 0.120 e. The van der Waals surface area contributed by atoms with Crippen molar-refractivity contribution in [2.45, 2.75) is 65.0 Å². The fourth-order valence-corrected chi connectivity index (χ4v) is 3.07. The van der Waals surface area contributed by atoms with Crippen LogP contribution in [0.4, 0.5) is 0 Å². The number of aliphatic hydroxyl groups excluding tert-OH is 2. The van der Waals surface area contributed by atoms with Gasteiger partial charge in [0.1, 0.15) is 12.4 Å². The lowest BCUT2D eigenvalue weighted by atomic mass is 9.91. The number of rotatable bonds is 10. The monoisotopic (exact) mass is 358 g/mol. The highest BCUT2D eigenvalue weighted by Gasteiger charge is 2.20. The molecule has 0 amide bonds. The number of unbranched alkanes of at least 4 members (excludes halogenated alkanes) is 1. The van der Waals surface area contributed by atoms with Gasteiger partial charge >= 0.3 is 0 Å². The minimum atomic E-state index is -0.704. The molecule has 3 N–H and O–H groups in total. The maximum atomic E-state index is 10.5. The number of ether oxygens (including phenoxy) is 1. The van der Waals surface area contributed by atoms with E-state index in [9.17, 15) is 15.3 Å². The third-order valence-corrected chi connectivity index (χ3v) is 4.57. The maximum absolute atomic E-state index is 10.5. The largest absolute Gasteiger partial charge is 0.489 e.